The van der Waals surface area contributed by atoms with Gasteiger partial charge in [-0.1, -0.05) is 36.4 Å². The zero-order valence-corrected chi connectivity index (χ0v) is 24.0. The van der Waals surface area contributed by atoms with Gasteiger partial charge in [0.05, 0.1) is 21.5 Å². The second-order valence-electron chi connectivity index (χ2n) is 10.8. The topological polar surface area (TPSA) is 105 Å². The molecule has 4 rings (SSSR count). The molecule has 1 heterocycles. The molecule has 42 heavy (non-hydrogen) atoms. The van der Waals surface area contributed by atoms with Crippen molar-refractivity contribution >= 4 is 27.1 Å². The summed E-state index contributed by atoms with van der Waals surface area (Å²) in [4.78, 5) is 16.8. The van der Waals surface area contributed by atoms with Crippen LogP contribution in [0.15, 0.2) is 71.6 Å². The summed E-state index contributed by atoms with van der Waals surface area (Å²) in [5.41, 5.74) is 0.286. The van der Waals surface area contributed by atoms with Gasteiger partial charge < -0.3 is 15.2 Å². The lowest BCUT2D eigenvalue weighted by molar-refractivity contribution is -0.140. The molecule has 0 atom stereocenters. The fraction of sp³-hybridized carbons (Fsp3) is 0.310. The number of aromatic nitrogens is 2. The number of hydrogen-bond donors (Lipinski definition) is 3. The molecule has 4 aromatic rings. The molecule has 0 saturated heterocycles. The smallest absolute Gasteiger partial charge is 0.338 e. The van der Waals surface area contributed by atoms with E-state index in [4.69, 9.17) is 0 Å². The third kappa shape index (κ3) is 7.85. The molecule has 1 aromatic heterocycles. The first-order chi connectivity index (χ1) is 19.6. The third-order valence-corrected chi connectivity index (χ3v) is 7.62. The fourth-order valence-electron chi connectivity index (χ4n) is 4.29. The molecule has 13 heteroatoms. The Morgan fingerprint density at radius 1 is 0.952 bits per heavy atom. The van der Waals surface area contributed by atoms with E-state index in [1.165, 1.54) is 12.1 Å². The maximum absolute atomic E-state index is 13.9. The zero-order chi connectivity index (χ0) is 30.7. The van der Waals surface area contributed by atoms with Crippen molar-refractivity contribution in [2.45, 2.75) is 56.9 Å². The summed E-state index contributed by atoms with van der Waals surface area (Å²) in [5, 5.41) is 5.63. The van der Waals surface area contributed by atoms with Gasteiger partial charge in [-0.25, -0.2) is 27.3 Å². The van der Waals surface area contributed by atoms with Crippen molar-refractivity contribution in [3.8, 4) is 0 Å². The van der Waals surface area contributed by atoms with E-state index in [1.807, 2.05) is 55.7 Å². The van der Waals surface area contributed by atoms with Crippen molar-refractivity contribution in [3.05, 3.63) is 95.1 Å². The molecule has 0 radical (unpaired) electrons. The average Bonchev–Trinajstić information content (AvgIpc) is 3.22. The van der Waals surface area contributed by atoms with Gasteiger partial charge in [0.1, 0.15) is 11.6 Å². The Balaban J connectivity index is 1.56. The van der Waals surface area contributed by atoms with Crippen LogP contribution in [-0.4, -0.2) is 36.1 Å². The molecule has 0 aliphatic carbocycles. The molecule has 0 saturated carbocycles. The van der Waals surface area contributed by atoms with Crippen molar-refractivity contribution in [3.63, 3.8) is 0 Å². The number of fused-ring (bicyclic) bond motifs is 1. The molecule has 0 bridgehead atoms. The largest absolute Gasteiger partial charge is 0.419 e. The molecule has 3 N–H and O–H groups in total. The maximum atomic E-state index is 13.9. The van der Waals surface area contributed by atoms with Crippen molar-refractivity contribution in [1.82, 2.24) is 24.9 Å². The molecular formula is C29H31F4N5O3S. The summed E-state index contributed by atoms with van der Waals surface area (Å²) in [6.07, 6.45) is -4.48. The summed E-state index contributed by atoms with van der Waals surface area (Å²) in [5.74, 6) is -0.852. The molecule has 0 aliphatic rings. The number of carbonyl (C=O) groups is 1. The highest BCUT2D eigenvalue weighted by molar-refractivity contribution is 7.89. The fourth-order valence-corrected chi connectivity index (χ4v) is 5.33. The third-order valence-electron chi connectivity index (χ3n) is 6.22. The number of rotatable bonds is 9. The van der Waals surface area contributed by atoms with Crippen LogP contribution < -0.4 is 15.4 Å². The van der Waals surface area contributed by atoms with E-state index >= 15 is 0 Å². The summed E-state index contributed by atoms with van der Waals surface area (Å²) in [6, 6.07) is 16.0. The Morgan fingerprint density at radius 3 is 2.31 bits per heavy atom. The molecule has 8 nitrogen and oxygen atoms in total. The minimum atomic E-state index is -4.85. The Bertz CT molecular complexity index is 1680. The lowest BCUT2D eigenvalue weighted by Crippen LogP contribution is -2.46. The van der Waals surface area contributed by atoms with Gasteiger partial charge in [-0.2, -0.15) is 13.2 Å². The second kappa shape index (κ2) is 12.1. The highest BCUT2D eigenvalue weighted by atomic mass is 32.2. The lowest BCUT2D eigenvalue weighted by Gasteiger charge is -2.20. The van der Waals surface area contributed by atoms with Gasteiger partial charge in [0.2, 0.25) is 10.0 Å². The number of urea groups is 1. The number of imidazole rings is 1. The normalized spacial score (nSPS) is 12.5. The summed E-state index contributed by atoms with van der Waals surface area (Å²) >= 11 is 0. The molecular weight excluding hydrogens is 574 g/mol. The Kier molecular flexibility index (Phi) is 8.92. The SMILES string of the molecule is CC(C)(C)NC(=O)NCCc1nc2cc(S(=O)(=O)NCc3ccc(C(F)(F)F)c(F)c3)ccc2n1Cc1ccccc1. The Labute approximate surface area is 241 Å². The number of alkyl halides is 3. The highest BCUT2D eigenvalue weighted by Crippen LogP contribution is 2.31. The van der Waals surface area contributed by atoms with Gasteiger partial charge in [-0.3, -0.25) is 0 Å². The van der Waals surface area contributed by atoms with Crippen LogP contribution in [0.4, 0.5) is 22.4 Å². The van der Waals surface area contributed by atoms with Crippen LogP contribution in [0.25, 0.3) is 11.0 Å². The minimum absolute atomic E-state index is 0.0302. The quantitative estimate of drug-likeness (QED) is 0.224. The van der Waals surface area contributed by atoms with Crippen LogP contribution in [0.2, 0.25) is 0 Å². The van der Waals surface area contributed by atoms with E-state index < -0.39 is 39.7 Å². The first kappa shape index (κ1) is 31.0. The van der Waals surface area contributed by atoms with E-state index in [9.17, 15) is 30.8 Å². The number of hydrogen-bond acceptors (Lipinski definition) is 4. The molecule has 0 aliphatic heterocycles. The van der Waals surface area contributed by atoms with Crippen LogP contribution in [0, 0.1) is 5.82 Å². The summed E-state index contributed by atoms with van der Waals surface area (Å²) in [7, 11) is -4.12. The molecule has 224 valence electrons. The standard InChI is InChI=1S/C29H31F4N5O3S/c1-28(2,3)37-27(39)34-14-13-26-36-24-16-21(10-12-25(24)38(26)18-19-7-5-4-6-8-19)42(40,41)35-17-20-9-11-22(23(30)15-20)29(31,32)33/h4-12,15-16,35H,13-14,17-18H2,1-3H3,(H2,34,37,39). The Morgan fingerprint density at radius 2 is 1.67 bits per heavy atom. The van der Waals surface area contributed by atoms with E-state index in [0.29, 0.717) is 42.0 Å². The zero-order valence-electron chi connectivity index (χ0n) is 23.2. The van der Waals surface area contributed by atoms with Crippen molar-refractivity contribution < 1.29 is 30.8 Å². The van der Waals surface area contributed by atoms with Gasteiger partial charge in [0.15, 0.2) is 0 Å². The van der Waals surface area contributed by atoms with Crippen LogP contribution in [0.3, 0.4) is 0 Å². The number of halogens is 4. The molecule has 0 spiro atoms. The lowest BCUT2D eigenvalue weighted by atomic mass is 10.1. The first-order valence-corrected chi connectivity index (χ1v) is 14.5. The number of amides is 2. The van der Waals surface area contributed by atoms with Crippen molar-refractivity contribution in [2.24, 2.45) is 0 Å². The van der Waals surface area contributed by atoms with Crippen molar-refractivity contribution in [2.75, 3.05) is 6.54 Å². The first-order valence-electron chi connectivity index (χ1n) is 13.1. The monoisotopic (exact) mass is 605 g/mol. The van der Waals surface area contributed by atoms with E-state index in [-0.39, 0.29) is 23.0 Å². The predicted octanol–water partition coefficient (Wildman–Crippen LogP) is 5.36. The Hall–Kier alpha value is -3.97. The summed E-state index contributed by atoms with van der Waals surface area (Å²) < 4.78 is 82.8. The predicted molar refractivity (Wildman–Crippen MR) is 151 cm³/mol. The van der Waals surface area contributed by atoms with Crippen LogP contribution >= 0.6 is 0 Å². The summed E-state index contributed by atoms with van der Waals surface area (Å²) in [6.45, 7) is 5.95. The number of sulfonamides is 1. The average molecular weight is 606 g/mol. The molecule has 0 fully saturated rings. The van der Waals surface area contributed by atoms with Gasteiger partial charge >= 0.3 is 12.2 Å². The van der Waals surface area contributed by atoms with E-state index in [2.05, 4.69) is 20.3 Å². The number of nitrogens with zero attached hydrogens (tertiary/aromatic N) is 2. The van der Waals surface area contributed by atoms with Crippen molar-refractivity contribution in [1.29, 1.82) is 0 Å². The molecule has 2 amide bonds. The molecule has 0 unspecified atom stereocenters. The number of benzene rings is 3. The minimum Gasteiger partial charge on any atom is -0.338 e. The van der Waals surface area contributed by atoms with E-state index in [1.54, 1.807) is 6.07 Å². The highest BCUT2D eigenvalue weighted by Gasteiger charge is 2.34. The van der Waals surface area contributed by atoms with Gasteiger partial charge in [-0.15, -0.1) is 0 Å². The van der Waals surface area contributed by atoms with Gasteiger partial charge in [0.25, 0.3) is 0 Å². The van der Waals surface area contributed by atoms with Gasteiger partial charge in [-0.05, 0) is 62.2 Å². The van der Waals surface area contributed by atoms with Crippen LogP contribution in [-0.2, 0) is 35.7 Å². The molecule has 3 aromatic carbocycles. The maximum Gasteiger partial charge on any atom is 0.419 e. The van der Waals surface area contributed by atoms with E-state index in [0.717, 1.165) is 11.6 Å². The van der Waals surface area contributed by atoms with Gasteiger partial charge in [0, 0.05) is 31.6 Å². The number of carbonyl (C=O) groups excluding carboxylic acids is 1. The second-order valence-corrected chi connectivity index (χ2v) is 12.5. The van der Waals surface area contributed by atoms with Crippen LogP contribution in [0.1, 0.15) is 43.3 Å². The number of nitrogens with one attached hydrogen (secondary N) is 3. The van der Waals surface area contributed by atoms with Crippen LogP contribution in [0.5, 0.6) is 0 Å².